The Labute approximate surface area is 167 Å². The Balaban J connectivity index is 1.74. The van der Waals surface area contributed by atoms with Crippen molar-refractivity contribution < 1.29 is 29.3 Å². The predicted octanol–water partition coefficient (Wildman–Crippen LogP) is 1.98. The van der Waals surface area contributed by atoms with E-state index in [1.165, 1.54) is 0 Å². The van der Waals surface area contributed by atoms with Crippen molar-refractivity contribution in [3.63, 3.8) is 0 Å². The highest BCUT2D eigenvalue weighted by molar-refractivity contribution is 6.19. The van der Waals surface area contributed by atoms with E-state index < -0.39 is 24.2 Å². The lowest BCUT2D eigenvalue weighted by atomic mass is 9.71. The van der Waals surface area contributed by atoms with Gasteiger partial charge in [0.1, 0.15) is 35.9 Å². The van der Waals surface area contributed by atoms with E-state index in [0.717, 1.165) is 10.9 Å². The molecule has 0 unspecified atom stereocenters. The predicted molar refractivity (Wildman–Crippen MR) is 107 cm³/mol. The van der Waals surface area contributed by atoms with Gasteiger partial charge in [0.15, 0.2) is 5.78 Å². The minimum atomic E-state index is -1.28. The maximum Gasteiger partial charge on any atom is 0.197 e. The van der Waals surface area contributed by atoms with E-state index in [0.29, 0.717) is 33.9 Å². The molecule has 5 N–H and O–H groups in total. The summed E-state index contributed by atoms with van der Waals surface area (Å²) in [6.07, 6.45) is -2.51. The van der Waals surface area contributed by atoms with Crippen LogP contribution in [0.1, 0.15) is 41.1 Å². The van der Waals surface area contributed by atoms with Crippen LogP contribution in [-0.4, -0.2) is 46.5 Å². The molecule has 29 heavy (non-hydrogen) atoms. The Morgan fingerprint density at radius 2 is 1.90 bits per heavy atom. The number of carbonyl (C=O) groups is 1. The Kier molecular flexibility index (Phi) is 4.61. The van der Waals surface area contributed by atoms with Crippen molar-refractivity contribution in [3.8, 4) is 5.75 Å². The van der Waals surface area contributed by atoms with Gasteiger partial charge < -0.3 is 30.2 Å². The topological polar surface area (TPSA) is 126 Å². The molecule has 0 fully saturated rings. The number of ether oxygens (including phenoxy) is 1. The molecule has 0 saturated heterocycles. The van der Waals surface area contributed by atoms with Crippen molar-refractivity contribution in [1.82, 2.24) is 0 Å². The van der Waals surface area contributed by atoms with Crippen LogP contribution >= 0.6 is 0 Å². The normalized spacial score (nSPS) is 16.9. The Morgan fingerprint density at radius 3 is 2.62 bits per heavy atom. The van der Waals surface area contributed by atoms with Gasteiger partial charge >= 0.3 is 0 Å². The van der Waals surface area contributed by atoms with Crippen LogP contribution in [0.5, 0.6) is 5.75 Å². The zero-order chi connectivity index (χ0) is 20.9. The van der Waals surface area contributed by atoms with Gasteiger partial charge in [-0.05, 0) is 49.7 Å². The van der Waals surface area contributed by atoms with E-state index in [-0.39, 0.29) is 12.4 Å². The molecule has 0 bridgehead atoms. The number of rotatable bonds is 5. The molecule has 0 saturated carbocycles. The quantitative estimate of drug-likeness (QED) is 0.485. The number of ketones is 1. The Morgan fingerprint density at radius 1 is 1.14 bits per heavy atom. The lowest BCUT2D eigenvalue weighted by Crippen LogP contribution is -2.34. The molecule has 152 valence electrons. The number of hydrogen-bond donors (Lipinski definition) is 4. The van der Waals surface area contributed by atoms with Gasteiger partial charge in [0.25, 0.3) is 0 Å². The minimum absolute atomic E-state index is 0.125. The summed E-state index contributed by atoms with van der Waals surface area (Å²) < 4.78 is 11.6. The molecule has 0 aliphatic heterocycles. The van der Waals surface area contributed by atoms with E-state index >= 15 is 0 Å². The number of carbonyl (C=O) groups excluding carboxylic acids is 1. The molecule has 1 aromatic heterocycles. The van der Waals surface area contributed by atoms with Gasteiger partial charge in [0.05, 0.1) is 12.2 Å². The van der Waals surface area contributed by atoms with E-state index in [2.05, 4.69) is 0 Å². The van der Waals surface area contributed by atoms with Gasteiger partial charge in [-0.15, -0.1) is 0 Å². The first-order valence-electron chi connectivity index (χ1n) is 9.35. The van der Waals surface area contributed by atoms with E-state index in [4.69, 9.17) is 20.0 Å². The molecule has 1 aliphatic carbocycles. The summed E-state index contributed by atoms with van der Waals surface area (Å²) in [4.78, 5) is 13.2. The number of benzene rings is 2. The molecular weight excluding hydrogens is 374 g/mol. The number of aliphatic hydroxyl groups is 3. The van der Waals surface area contributed by atoms with E-state index in [9.17, 15) is 15.0 Å². The average Bonchev–Trinajstić information content (AvgIpc) is 3.09. The first-order valence-corrected chi connectivity index (χ1v) is 9.35. The molecule has 4 rings (SSSR count). The second kappa shape index (κ2) is 6.88. The SMILES string of the molecule is CC1(C)c2cc(OC[C@@H](O)[C@H](O)CO)ccc2C(=O)c2c1oc1cc(N)ccc21. The first kappa shape index (κ1) is 19.4. The maximum absolute atomic E-state index is 13.2. The van der Waals surface area contributed by atoms with Crippen molar-refractivity contribution in [2.45, 2.75) is 31.5 Å². The zero-order valence-corrected chi connectivity index (χ0v) is 16.2. The van der Waals surface area contributed by atoms with Gasteiger partial charge in [-0.2, -0.15) is 0 Å². The number of aliphatic hydroxyl groups excluding tert-OH is 3. The first-order chi connectivity index (χ1) is 13.7. The number of nitrogens with two attached hydrogens (primary N) is 1. The number of nitrogen functional groups attached to an aromatic ring is 1. The molecule has 1 heterocycles. The molecule has 3 aromatic rings. The maximum atomic E-state index is 13.2. The lowest BCUT2D eigenvalue weighted by molar-refractivity contribution is -0.0339. The fourth-order valence-corrected chi connectivity index (χ4v) is 3.78. The second-order valence-electron chi connectivity index (χ2n) is 7.85. The second-order valence-corrected chi connectivity index (χ2v) is 7.85. The van der Waals surface area contributed by atoms with Crippen molar-refractivity contribution in [2.75, 3.05) is 18.9 Å². The summed E-state index contributed by atoms with van der Waals surface area (Å²) in [5.41, 5.74) is 8.25. The largest absolute Gasteiger partial charge is 0.491 e. The Bertz CT molecular complexity index is 1100. The van der Waals surface area contributed by atoms with Crippen molar-refractivity contribution in [3.05, 3.63) is 58.8 Å². The van der Waals surface area contributed by atoms with Crippen LogP contribution in [0.4, 0.5) is 5.69 Å². The van der Waals surface area contributed by atoms with Crippen molar-refractivity contribution >= 4 is 22.4 Å². The molecule has 0 amide bonds. The number of fused-ring (bicyclic) bond motifs is 4. The van der Waals surface area contributed by atoms with Crippen LogP contribution in [0.2, 0.25) is 0 Å². The fourth-order valence-electron chi connectivity index (χ4n) is 3.78. The summed E-state index contributed by atoms with van der Waals surface area (Å²) in [5.74, 6) is 0.890. The smallest absolute Gasteiger partial charge is 0.197 e. The highest BCUT2D eigenvalue weighted by atomic mass is 16.5. The van der Waals surface area contributed by atoms with Crippen LogP contribution in [0.15, 0.2) is 40.8 Å². The Hall–Kier alpha value is -2.87. The van der Waals surface area contributed by atoms with Crippen LogP contribution in [0.25, 0.3) is 11.0 Å². The minimum Gasteiger partial charge on any atom is -0.491 e. The van der Waals surface area contributed by atoms with Gasteiger partial charge in [0, 0.05) is 28.1 Å². The third-order valence-electron chi connectivity index (χ3n) is 5.47. The summed E-state index contributed by atoms with van der Waals surface area (Å²) in [6, 6.07) is 10.4. The summed E-state index contributed by atoms with van der Waals surface area (Å²) in [5, 5.41) is 28.9. The van der Waals surface area contributed by atoms with Gasteiger partial charge in [0.2, 0.25) is 0 Å². The molecule has 0 spiro atoms. The number of furan rings is 1. The number of hydrogen-bond acceptors (Lipinski definition) is 7. The molecular formula is C22H23NO6. The van der Waals surface area contributed by atoms with E-state index in [1.807, 2.05) is 13.8 Å². The lowest BCUT2D eigenvalue weighted by Gasteiger charge is -2.31. The molecule has 0 radical (unpaired) electrons. The van der Waals surface area contributed by atoms with Crippen molar-refractivity contribution in [1.29, 1.82) is 0 Å². The van der Waals surface area contributed by atoms with Crippen LogP contribution < -0.4 is 10.5 Å². The van der Waals surface area contributed by atoms with Crippen molar-refractivity contribution in [2.24, 2.45) is 0 Å². The highest BCUT2D eigenvalue weighted by Gasteiger charge is 2.41. The van der Waals surface area contributed by atoms with Gasteiger partial charge in [-0.25, -0.2) is 0 Å². The fraction of sp³-hybridized carbons (Fsp3) is 0.318. The molecule has 1 aliphatic rings. The summed E-state index contributed by atoms with van der Waals surface area (Å²) in [7, 11) is 0. The van der Waals surface area contributed by atoms with Crippen LogP contribution in [0, 0.1) is 0 Å². The third-order valence-corrected chi connectivity index (χ3v) is 5.47. The highest BCUT2D eigenvalue weighted by Crippen LogP contribution is 2.46. The average molecular weight is 397 g/mol. The van der Waals surface area contributed by atoms with Crippen LogP contribution in [-0.2, 0) is 5.41 Å². The monoisotopic (exact) mass is 397 g/mol. The molecule has 7 nitrogen and oxygen atoms in total. The third kappa shape index (κ3) is 3.07. The molecule has 2 atom stereocenters. The summed E-state index contributed by atoms with van der Waals surface area (Å²) >= 11 is 0. The van der Waals surface area contributed by atoms with Gasteiger partial charge in [-0.1, -0.05) is 0 Å². The van der Waals surface area contributed by atoms with Crippen LogP contribution in [0.3, 0.4) is 0 Å². The number of anilines is 1. The molecule has 7 heteroatoms. The zero-order valence-electron chi connectivity index (χ0n) is 16.2. The standard InChI is InChI=1S/C22H23NO6/c1-22(2)15-8-12(28-10-17(26)16(25)9-24)4-6-13(15)20(27)19-14-5-3-11(23)7-18(14)29-21(19)22/h3-8,16-17,24-26H,9-10,23H2,1-2H3/t16-,17-/m1/s1. The van der Waals surface area contributed by atoms with Gasteiger partial charge in [-0.3, -0.25) is 4.79 Å². The van der Waals surface area contributed by atoms with E-state index in [1.54, 1.807) is 36.4 Å². The molecule has 2 aromatic carbocycles. The summed E-state index contributed by atoms with van der Waals surface area (Å²) in [6.45, 7) is 3.19.